The highest BCUT2D eigenvalue weighted by atomic mass is 16.5. The lowest BCUT2D eigenvalue weighted by Crippen LogP contribution is -2.22. The number of pyridine rings is 1. The molecule has 0 aromatic carbocycles. The van der Waals surface area contributed by atoms with Crippen LogP contribution in [0.5, 0.6) is 5.88 Å². The van der Waals surface area contributed by atoms with E-state index < -0.39 is 0 Å². The maximum Gasteiger partial charge on any atom is 0.224 e. The number of nitriles is 1. The summed E-state index contributed by atoms with van der Waals surface area (Å²) in [6, 6.07) is 6.07. The van der Waals surface area contributed by atoms with Gasteiger partial charge in [-0.15, -0.1) is 0 Å². The lowest BCUT2D eigenvalue weighted by atomic mass is 9.84. The summed E-state index contributed by atoms with van der Waals surface area (Å²) in [5.74, 6) is 1.94. The minimum Gasteiger partial charge on any atom is -0.422 e. The number of allylic oxidation sites excluding steroid dienone is 1. The number of rotatable bonds is 3. The Morgan fingerprint density at radius 1 is 1.33 bits per heavy atom. The zero-order valence-corrected chi connectivity index (χ0v) is 15.3. The first-order valence-corrected chi connectivity index (χ1v) is 8.64. The van der Waals surface area contributed by atoms with Gasteiger partial charge >= 0.3 is 0 Å². The molecule has 0 spiro atoms. The Kier molecular flexibility index (Phi) is 3.92. The number of nitrogens with two attached hydrogens (primary N) is 1. The van der Waals surface area contributed by atoms with Gasteiger partial charge < -0.3 is 10.5 Å². The predicted molar refractivity (Wildman–Crippen MR) is 98.0 cm³/mol. The van der Waals surface area contributed by atoms with Crippen molar-refractivity contribution in [1.29, 1.82) is 5.26 Å². The van der Waals surface area contributed by atoms with Crippen LogP contribution in [0.2, 0.25) is 0 Å². The Morgan fingerprint density at radius 3 is 2.74 bits per heavy atom. The van der Waals surface area contributed by atoms with Gasteiger partial charge in [0.2, 0.25) is 11.8 Å². The molecule has 4 rings (SSSR count). The number of imidazole rings is 1. The second kappa shape index (κ2) is 6.29. The highest BCUT2D eigenvalue weighted by Crippen LogP contribution is 2.43. The third-order valence-electron chi connectivity index (χ3n) is 4.79. The molecule has 0 saturated heterocycles. The van der Waals surface area contributed by atoms with Crippen molar-refractivity contribution in [2.24, 2.45) is 12.8 Å². The number of aromatic nitrogens is 5. The van der Waals surface area contributed by atoms with Crippen LogP contribution in [0.1, 0.15) is 35.5 Å². The number of ether oxygens (including phenoxy) is 1. The standard InChI is InChI=1S/C19H19N7O/c1-4-14-17-16(13(9-20)18(21)27-19(17)25(3)24-14)12-5-6-15(23-10-12)26-8-7-22-11(26)2/h5-8,10,16H,4,21H2,1-3H3. The molecule has 0 radical (unpaired) electrons. The Morgan fingerprint density at radius 2 is 2.15 bits per heavy atom. The molecule has 1 aliphatic rings. The largest absolute Gasteiger partial charge is 0.422 e. The topological polar surface area (TPSA) is 108 Å². The molecule has 8 heteroatoms. The van der Waals surface area contributed by atoms with Crippen molar-refractivity contribution < 1.29 is 4.74 Å². The highest BCUT2D eigenvalue weighted by Gasteiger charge is 2.35. The summed E-state index contributed by atoms with van der Waals surface area (Å²) in [6.07, 6.45) is 6.09. The number of nitrogens with zero attached hydrogens (tertiary/aromatic N) is 6. The van der Waals surface area contributed by atoms with Crippen LogP contribution in [0.4, 0.5) is 0 Å². The lowest BCUT2D eigenvalue weighted by Gasteiger charge is -2.24. The van der Waals surface area contributed by atoms with E-state index in [1.165, 1.54) is 0 Å². The van der Waals surface area contributed by atoms with E-state index >= 15 is 0 Å². The SMILES string of the molecule is CCc1nn(C)c2c1C(c1ccc(-n3ccnc3C)nc1)C(C#N)=C(N)O2. The van der Waals surface area contributed by atoms with E-state index in [4.69, 9.17) is 10.5 Å². The first kappa shape index (κ1) is 16.8. The molecule has 1 aliphatic heterocycles. The second-order valence-electron chi connectivity index (χ2n) is 6.36. The summed E-state index contributed by atoms with van der Waals surface area (Å²) in [5.41, 5.74) is 9.03. The quantitative estimate of drug-likeness (QED) is 0.765. The molecule has 136 valence electrons. The van der Waals surface area contributed by atoms with Gasteiger partial charge in [-0.25, -0.2) is 14.6 Å². The van der Waals surface area contributed by atoms with Crippen LogP contribution in [0.25, 0.3) is 5.82 Å². The Bertz CT molecular complexity index is 1080. The third kappa shape index (κ3) is 2.56. The van der Waals surface area contributed by atoms with Crippen molar-refractivity contribution in [1.82, 2.24) is 24.3 Å². The molecular formula is C19H19N7O. The summed E-state index contributed by atoms with van der Waals surface area (Å²) in [6.45, 7) is 3.94. The number of hydrogen-bond acceptors (Lipinski definition) is 6. The van der Waals surface area contributed by atoms with Crippen LogP contribution >= 0.6 is 0 Å². The van der Waals surface area contributed by atoms with Gasteiger partial charge in [0.1, 0.15) is 23.3 Å². The molecule has 27 heavy (non-hydrogen) atoms. The monoisotopic (exact) mass is 361 g/mol. The molecule has 0 aliphatic carbocycles. The number of fused-ring (bicyclic) bond motifs is 1. The van der Waals surface area contributed by atoms with E-state index in [1.54, 1.807) is 17.1 Å². The average Bonchev–Trinajstić information content (AvgIpc) is 3.24. The van der Waals surface area contributed by atoms with Crippen LogP contribution in [-0.2, 0) is 13.5 Å². The van der Waals surface area contributed by atoms with Crippen molar-refractivity contribution in [2.75, 3.05) is 0 Å². The minimum absolute atomic E-state index is 0.107. The first-order chi connectivity index (χ1) is 13.0. The van der Waals surface area contributed by atoms with Gasteiger partial charge in [0, 0.05) is 25.6 Å². The van der Waals surface area contributed by atoms with Crippen LogP contribution in [0.15, 0.2) is 42.2 Å². The minimum atomic E-state index is -0.354. The third-order valence-corrected chi connectivity index (χ3v) is 4.79. The van der Waals surface area contributed by atoms with Gasteiger partial charge in [-0.3, -0.25) is 4.57 Å². The molecule has 4 heterocycles. The number of hydrogen-bond donors (Lipinski definition) is 1. The van der Waals surface area contributed by atoms with Crippen LogP contribution in [-0.4, -0.2) is 24.3 Å². The summed E-state index contributed by atoms with van der Waals surface area (Å²) in [7, 11) is 1.81. The lowest BCUT2D eigenvalue weighted by molar-refractivity contribution is 0.358. The number of aryl methyl sites for hydroxylation is 3. The fourth-order valence-electron chi connectivity index (χ4n) is 3.48. The van der Waals surface area contributed by atoms with Crippen molar-refractivity contribution in [3.8, 4) is 17.8 Å². The molecule has 3 aromatic heterocycles. The van der Waals surface area contributed by atoms with Gasteiger partial charge in [0.25, 0.3) is 0 Å². The zero-order chi connectivity index (χ0) is 19.1. The van der Waals surface area contributed by atoms with Gasteiger partial charge in [-0.1, -0.05) is 13.0 Å². The maximum atomic E-state index is 9.70. The molecule has 0 bridgehead atoms. The molecular weight excluding hydrogens is 342 g/mol. The van der Waals surface area contributed by atoms with Crippen LogP contribution < -0.4 is 10.5 Å². The molecule has 0 fully saturated rings. The van der Waals surface area contributed by atoms with Gasteiger partial charge in [0.05, 0.1) is 17.2 Å². The van der Waals surface area contributed by atoms with Crippen molar-refractivity contribution in [3.05, 3.63) is 64.8 Å². The Balaban J connectivity index is 1.85. The summed E-state index contributed by atoms with van der Waals surface area (Å²) < 4.78 is 9.27. The van der Waals surface area contributed by atoms with Crippen LogP contribution in [0, 0.1) is 18.3 Å². The van der Waals surface area contributed by atoms with Crippen molar-refractivity contribution >= 4 is 0 Å². The van der Waals surface area contributed by atoms with E-state index in [0.29, 0.717) is 11.5 Å². The van der Waals surface area contributed by atoms with E-state index in [1.807, 2.05) is 43.8 Å². The molecule has 3 aromatic rings. The van der Waals surface area contributed by atoms with Gasteiger partial charge in [-0.05, 0) is 25.0 Å². The normalized spacial score (nSPS) is 16.0. The van der Waals surface area contributed by atoms with Gasteiger partial charge in [-0.2, -0.15) is 10.4 Å². The van der Waals surface area contributed by atoms with E-state index in [9.17, 15) is 5.26 Å². The average molecular weight is 361 g/mol. The van der Waals surface area contributed by atoms with Gasteiger partial charge in [0.15, 0.2) is 0 Å². The fourth-order valence-corrected chi connectivity index (χ4v) is 3.48. The molecule has 1 unspecified atom stereocenters. The van der Waals surface area contributed by atoms with E-state index in [2.05, 4.69) is 21.1 Å². The van der Waals surface area contributed by atoms with Crippen LogP contribution in [0.3, 0.4) is 0 Å². The Labute approximate surface area is 156 Å². The highest BCUT2D eigenvalue weighted by molar-refractivity contribution is 5.55. The summed E-state index contributed by atoms with van der Waals surface area (Å²) in [5, 5.41) is 14.2. The fraction of sp³-hybridized carbons (Fsp3) is 0.263. The van der Waals surface area contributed by atoms with E-state index in [0.717, 1.165) is 34.9 Å². The molecule has 2 N–H and O–H groups in total. The summed E-state index contributed by atoms with van der Waals surface area (Å²) in [4.78, 5) is 8.79. The molecule has 8 nitrogen and oxygen atoms in total. The maximum absolute atomic E-state index is 9.70. The van der Waals surface area contributed by atoms with E-state index in [-0.39, 0.29) is 11.8 Å². The summed E-state index contributed by atoms with van der Waals surface area (Å²) >= 11 is 0. The zero-order valence-electron chi connectivity index (χ0n) is 15.3. The molecule has 1 atom stereocenters. The molecule has 0 amide bonds. The first-order valence-electron chi connectivity index (χ1n) is 8.64. The second-order valence-corrected chi connectivity index (χ2v) is 6.36. The Hall–Kier alpha value is -3.60. The smallest absolute Gasteiger partial charge is 0.224 e. The van der Waals surface area contributed by atoms with Crippen molar-refractivity contribution in [3.63, 3.8) is 0 Å². The predicted octanol–water partition coefficient (Wildman–Crippen LogP) is 2.09. The van der Waals surface area contributed by atoms with Crippen molar-refractivity contribution in [2.45, 2.75) is 26.2 Å². The molecule has 0 saturated carbocycles.